The van der Waals surface area contributed by atoms with Gasteiger partial charge in [0.2, 0.25) is 0 Å². The second kappa shape index (κ2) is 6.88. The zero-order chi connectivity index (χ0) is 12.7. The highest BCUT2D eigenvalue weighted by Crippen LogP contribution is 2.12. The van der Waals surface area contributed by atoms with E-state index < -0.39 is 12.1 Å². The first-order chi connectivity index (χ1) is 8.17. The first kappa shape index (κ1) is 13.5. The van der Waals surface area contributed by atoms with Crippen molar-refractivity contribution in [1.82, 2.24) is 0 Å². The fourth-order valence-electron chi connectivity index (χ4n) is 1.25. The fraction of sp³-hybridized carbons (Fsp3) is 0.417. The van der Waals surface area contributed by atoms with E-state index in [1.54, 1.807) is 31.4 Å². The third-order valence-corrected chi connectivity index (χ3v) is 2.25. The number of aliphatic hydroxyl groups is 1. The van der Waals surface area contributed by atoms with Crippen molar-refractivity contribution >= 4 is 5.97 Å². The van der Waals surface area contributed by atoms with Gasteiger partial charge in [-0.2, -0.15) is 0 Å². The Bertz CT molecular complexity index is 350. The van der Waals surface area contributed by atoms with E-state index in [0.29, 0.717) is 0 Å². The van der Waals surface area contributed by atoms with E-state index in [1.165, 1.54) is 0 Å². The van der Waals surface area contributed by atoms with Crippen molar-refractivity contribution in [2.24, 2.45) is 5.73 Å². The molecule has 0 saturated carbocycles. The second-order valence-electron chi connectivity index (χ2n) is 3.55. The number of hydrogen-bond donors (Lipinski definition) is 2. The van der Waals surface area contributed by atoms with Gasteiger partial charge >= 0.3 is 5.97 Å². The summed E-state index contributed by atoms with van der Waals surface area (Å²) in [5.41, 5.74) is 6.06. The smallest absolute Gasteiger partial charge is 0.335 e. The molecule has 0 spiro atoms. The van der Waals surface area contributed by atoms with E-state index >= 15 is 0 Å². The Morgan fingerprint density at radius 2 is 2.06 bits per heavy atom. The highest BCUT2D eigenvalue weighted by Gasteiger charge is 2.15. The van der Waals surface area contributed by atoms with Crippen LogP contribution in [0.1, 0.15) is 12.0 Å². The summed E-state index contributed by atoms with van der Waals surface area (Å²) in [5, 5.41) is 9.30. The lowest BCUT2D eigenvalue weighted by molar-refractivity contribution is -0.155. The summed E-state index contributed by atoms with van der Waals surface area (Å²) >= 11 is 0. The number of nitrogens with two attached hydrogens (primary N) is 1. The zero-order valence-corrected chi connectivity index (χ0v) is 9.76. The van der Waals surface area contributed by atoms with Gasteiger partial charge in [-0.3, -0.25) is 0 Å². The molecule has 94 valence electrons. The maximum atomic E-state index is 11.3. The summed E-state index contributed by atoms with van der Waals surface area (Å²) in [6, 6.07) is 7.14. The first-order valence-electron chi connectivity index (χ1n) is 5.35. The number of rotatable bonds is 6. The van der Waals surface area contributed by atoms with Gasteiger partial charge in [0, 0.05) is 0 Å². The summed E-state index contributed by atoms with van der Waals surface area (Å²) in [5.74, 6) is 0.0921. The normalized spacial score (nSPS) is 11.9. The predicted octanol–water partition coefficient (Wildman–Crippen LogP) is 0.448. The average Bonchev–Trinajstić information content (AvgIpc) is 2.36. The second-order valence-corrected chi connectivity index (χ2v) is 3.55. The molecular formula is C12H17NO4. The van der Waals surface area contributed by atoms with Crippen molar-refractivity contribution in [2.45, 2.75) is 19.1 Å². The molecule has 0 radical (unpaired) electrons. The van der Waals surface area contributed by atoms with Crippen molar-refractivity contribution in [3.63, 3.8) is 0 Å². The van der Waals surface area contributed by atoms with Gasteiger partial charge in [-0.15, -0.1) is 0 Å². The molecule has 5 heteroatoms. The summed E-state index contributed by atoms with van der Waals surface area (Å²) in [7, 11) is 1.58. The summed E-state index contributed by atoms with van der Waals surface area (Å²) in [6.45, 7) is 0.378. The minimum absolute atomic E-state index is 0.129. The Balaban J connectivity index is 2.41. The molecule has 1 unspecified atom stereocenters. The van der Waals surface area contributed by atoms with Crippen LogP contribution < -0.4 is 10.5 Å². The number of carbonyl (C=O) groups is 1. The molecule has 3 N–H and O–H groups in total. The largest absolute Gasteiger partial charge is 0.497 e. The Morgan fingerprint density at radius 1 is 1.41 bits per heavy atom. The van der Waals surface area contributed by atoms with Gasteiger partial charge in [0.15, 0.2) is 6.10 Å². The average molecular weight is 239 g/mol. The van der Waals surface area contributed by atoms with E-state index in [-0.39, 0.29) is 19.6 Å². The number of aliphatic hydroxyl groups excluding tert-OH is 1. The molecule has 0 saturated heterocycles. The Morgan fingerprint density at radius 3 is 2.59 bits per heavy atom. The van der Waals surface area contributed by atoms with E-state index in [1.807, 2.05) is 0 Å². The first-order valence-corrected chi connectivity index (χ1v) is 5.35. The zero-order valence-electron chi connectivity index (χ0n) is 9.76. The molecule has 0 amide bonds. The molecule has 0 fully saturated rings. The van der Waals surface area contributed by atoms with Crippen molar-refractivity contribution in [3.05, 3.63) is 29.8 Å². The Labute approximate surface area is 100 Å². The highest BCUT2D eigenvalue weighted by molar-refractivity contribution is 5.74. The van der Waals surface area contributed by atoms with Crippen LogP contribution in [-0.4, -0.2) is 30.8 Å². The Hall–Kier alpha value is -1.59. The van der Waals surface area contributed by atoms with Gasteiger partial charge in [0.25, 0.3) is 0 Å². The molecular weight excluding hydrogens is 222 g/mol. The molecule has 0 heterocycles. The molecule has 0 aromatic heterocycles. The van der Waals surface area contributed by atoms with Crippen LogP contribution in [0.3, 0.4) is 0 Å². The standard InChI is InChI=1S/C12H17NO4/c1-16-10-4-2-9(3-5-10)8-17-12(15)11(14)6-7-13/h2-5,11,14H,6-8,13H2,1H3. The molecule has 17 heavy (non-hydrogen) atoms. The van der Waals surface area contributed by atoms with E-state index in [2.05, 4.69) is 0 Å². The number of carbonyl (C=O) groups excluding carboxylic acids is 1. The molecule has 0 bridgehead atoms. The maximum Gasteiger partial charge on any atom is 0.335 e. The van der Waals surface area contributed by atoms with Gasteiger partial charge in [0.1, 0.15) is 12.4 Å². The van der Waals surface area contributed by atoms with Crippen molar-refractivity contribution in [2.75, 3.05) is 13.7 Å². The van der Waals surface area contributed by atoms with Crippen LogP contribution in [0.4, 0.5) is 0 Å². The van der Waals surface area contributed by atoms with Gasteiger partial charge in [-0.25, -0.2) is 4.79 Å². The quantitative estimate of drug-likeness (QED) is 0.704. The van der Waals surface area contributed by atoms with Crippen LogP contribution in [0.25, 0.3) is 0 Å². The lowest BCUT2D eigenvalue weighted by Gasteiger charge is -2.09. The summed E-state index contributed by atoms with van der Waals surface area (Å²) < 4.78 is 9.93. The molecule has 0 aliphatic rings. The monoisotopic (exact) mass is 239 g/mol. The lowest BCUT2D eigenvalue weighted by atomic mass is 10.2. The SMILES string of the molecule is COc1ccc(COC(=O)C(O)CCN)cc1. The number of benzene rings is 1. The molecule has 1 atom stereocenters. The molecule has 1 rings (SSSR count). The van der Waals surface area contributed by atoms with Crippen LogP contribution in [0.5, 0.6) is 5.75 Å². The van der Waals surface area contributed by atoms with Crippen LogP contribution in [0.15, 0.2) is 24.3 Å². The summed E-state index contributed by atoms with van der Waals surface area (Å²) in [6.07, 6.45) is -0.931. The number of methoxy groups -OCH3 is 1. The van der Waals surface area contributed by atoms with Gasteiger partial charge in [-0.1, -0.05) is 12.1 Å². The van der Waals surface area contributed by atoms with Crippen LogP contribution >= 0.6 is 0 Å². The third kappa shape index (κ3) is 4.42. The number of esters is 1. The lowest BCUT2D eigenvalue weighted by Crippen LogP contribution is -2.25. The Kier molecular flexibility index (Phi) is 5.45. The van der Waals surface area contributed by atoms with Crippen molar-refractivity contribution in [1.29, 1.82) is 0 Å². The van der Waals surface area contributed by atoms with Crippen LogP contribution in [0, 0.1) is 0 Å². The molecule has 1 aromatic carbocycles. The molecule has 1 aromatic rings. The molecule has 0 aliphatic carbocycles. The van der Waals surface area contributed by atoms with E-state index in [0.717, 1.165) is 11.3 Å². The number of ether oxygens (including phenoxy) is 2. The van der Waals surface area contributed by atoms with Gasteiger partial charge in [0.05, 0.1) is 7.11 Å². The highest BCUT2D eigenvalue weighted by atomic mass is 16.5. The molecule has 5 nitrogen and oxygen atoms in total. The maximum absolute atomic E-state index is 11.3. The minimum Gasteiger partial charge on any atom is -0.497 e. The van der Waals surface area contributed by atoms with Crippen LogP contribution in [-0.2, 0) is 16.1 Å². The predicted molar refractivity (Wildman–Crippen MR) is 62.5 cm³/mol. The van der Waals surface area contributed by atoms with Crippen molar-refractivity contribution < 1.29 is 19.4 Å². The van der Waals surface area contributed by atoms with Gasteiger partial charge < -0.3 is 20.3 Å². The third-order valence-electron chi connectivity index (χ3n) is 2.25. The topological polar surface area (TPSA) is 81.8 Å². The van der Waals surface area contributed by atoms with Gasteiger partial charge in [-0.05, 0) is 30.7 Å². The fourth-order valence-corrected chi connectivity index (χ4v) is 1.25. The van der Waals surface area contributed by atoms with E-state index in [9.17, 15) is 9.90 Å². The van der Waals surface area contributed by atoms with Crippen molar-refractivity contribution in [3.8, 4) is 5.75 Å². The minimum atomic E-state index is -1.14. The number of hydrogen-bond acceptors (Lipinski definition) is 5. The van der Waals surface area contributed by atoms with Crippen LogP contribution in [0.2, 0.25) is 0 Å². The molecule has 0 aliphatic heterocycles. The van der Waals surface area contributed by atoms with E-state index in [4.69, 9.17) is 15.2 Å². The summed E-state index contributed by atoms with van der Waals surface area (Å²) in [4.78, 5) is 11.3.